The number of nitrogens with zero attached hydrogens (tertiary/aromatic N) is 1. The molecule has 0 amide bonds. The second-order valence-electron chi connectivity index (χ2n) is 3.96. The van der Waals surface area contributed by atoms with Crippen molar-refractivity contribution in [3.8, 4) is 0 Å². The summed E-state index contributed by atoms with van der Waals surface area (Å²) in [7, 11) is 0. The van der Waals surface area contributed by atoms with Crippen LogP contribution in [0.5, 0.6) is 0 Å². The van der Waals surface area contributed by atoms with Crippen molar-refractivity contribution in [2.75, 3.05) is 0 Å². The van der Waals surface area contributed by atoms with Gasteiger partial charge in [0.2, 0.25) is 0 Å². The molecule has 3 rings (SSSR count). The summed E-state index contributed by atoms with van der Waals surface area (Å²) < 4.78 is 2.19. The van der Waals surface area contributed by atoms with Gasteiger partial charge in [0.1, 0.15) is 0 Å². The van der Waals surface area contributed by atoms with E-state index in [4.69, 9.17) is 0 Å². The van der Waals surface area contributed by atoms with Crippen LogP contribution in [-0.2, 0) is 6.42 Å². The Morgan fingerprint density at radius 2 is 2.17 bits per heavy atom. The average molecular weight is 340 g/mol. The van der Waals surface area contributed by atoms with E-state index in [0.717, 1.165) is 19.9 Å². The minimum atomic E-state index is -0.470. The van der Waals surface area contributed by atoms with Gasteiger partial charge in [-0.05, 0) is 34.1 Å². The summed E-state index contributed by atoms with van der Waals surface area (Å²) in [6, 6.07) is 10.0. The molecule has 5 heteroatoms. The fraction of sp³-hybridized carbons (Fsp3) is 0.154. The minimum Gasteiger partial charge on any atom is -0.387 e. The Labute approximate surface area is 121 Å². The summed E-state index contributed by atoms with van der Waals surface area (Å²) in [6.45, 7) is 0. The van der Waals surface area contributed by atoms with Crippen molar-refractivity contribution in [3.63, 3.8) is 0 Å². The van der Waals surface area contributed by atoms with Gasteiger partial charge in [-0.1, -0.05) is 12.1 Å². The molecule has 3 aromatic rings. The van der Waals surface area contributed by atoms with E-state index in [2.05, 4.69) is 27.0 Å². The SMILES string of the molecule is OC(Cc1nc2ccccc2s1)c1cc(Br)cs1. The third kappa shape index (κ3) is 2.49. The summed E-state index contributed by atoms with van der Waals surface area (Å²) in [4.78, 5) is 5.51. The molecule has 0 fully saturated rings. The first kappa shape index (κ1) is 12.3. The summed E-state index contributed by atoms with van der Waals surface area (Å²) in [5.74, 6) is 0. The minimum absolute atomic E-state index is 0.470. The second kappa shape index (κ2) is 5.09. The van der Waals surface area contributed by atoms with Gasteiger partial charge in [-0.2, -0.15) is 0 Å². The van der Waals surface area contributed by atoms with Gasteiger partial charge >= 0.3 is 0 Å². The van der Waals surface area contributed by atoms with Gasteiger partial charge in [0, 0.05) is 21.2 Å². The van der Waals surface area contributed by atoms with E-state index in [0.29, 0.717) is 6.42 Å². The average Bonchev–Trinajstić information content (AvgIpc) is 2.94. The van der Waals surface area contributed by atoms with E-state index in [1.54, 1.807) is 22.7 Å². The molecule has 1 atom stereocenters. The molecule has 0 spiro atoms. The Morgan fingerprint density at radius 1 is 1.33 bits per heavy atom. The van der Waals surface area contributed by atoms with Gasteiger partial charge in [0.05, 0.1) is 21.3 Å². The number of aromatic nitrogens is 1. The van der Waals surface area contributed by atoms with Crippen molar-refractivity contribution in [2.45, 2.75) is 12.5 Å². The van der Waals surface area contributed by atoms with Crippen LogP contribution in [0.15, 0.2) is 40.2 Å². The van der Waals surface area contributed by atoms with Crippen molar-refractivity contribution >= 4 is 48.8 Å². The monoisotopic (exact) mass is 339 g/mol. The summed E-state index contributed by atoms with van der Waals surface area (Å²) in [5.41, 5.74) is 1.01. The lowest BCUT2D eigenvalue weighted by Crippen LogP contribution is -1.98. The molecule has 0 aliphatic rings. The number of aliphatic hydroxyl groups is 1. The van der Waals surface area contributed by atoms with Crippen LogP contribution in [0.25, 0.3) is 10.2 Å². The smallest absolute Gasteiger partial charge is 0.0968 e. The molecule has 2 nitrogen and oxygen atoms in total. The van der Waals surface area contributed by atoms with Crippen LogP contribution in [0.3, 0.4) is 0 Å². The summed E-state index contributed by atoms with van der Waals surface area (Å²) in [5, 5.41) is 13.1. The lowest BCUT2D eigenvalue weighted by atomic mass is 10.2. The van der Waals surface area contributed by atoms with Crippen LogP contribution >= 0.6 is 38.6 Å². The molecule has 0 radical (unpaired) electrons. The van der Waals surface area contributed by atoms with E-state index in [1.807, 2.05) is 29.6 Å². The summed E-state index contributed by atoms with van der Waals surface area (Å²) >= 11 is 6.61. The number of fused-ring (bicyclic) bond motifs is 1. The number of rotatable bonds is 3. The van der Waals surface area contributed by atoms with Crippen LogP contribution in [0.4, 0.5) is 0 Å². The standard InChI is InChI=1S/C13H10BrNOS2/c14-8-5-12(17-7-8)10(16)6-13-15-9-3-1-2-4-11(9)18-13/h1-5,7,10,16H,6H2. The number of aliphatic hydroxyl groups excluding tert-OH is 1. The number of halogens is 1. The Bertz CT molecular complexity index is 643. The number of thiophene rings is 1. The first-order valence-electron chi connectivity index (χ1n) is 5.49. The molecule has 1 aromatic carbocycles. The van der Waals surface area contributed by atoms with Gasteiger partial charge in [-0.15, -0.1) is 22.7 Å². The van der Waals surface area contributed by atoms with Crippen LogP contribution in [0.2, 0.25) is 0 Å². The molecule has 0 aliphatic heterocycles. The number of thiazole rings is 1. The molecule has 2 heterocycles. The lowest BCUT2D eigenvalue weighted by molar-refractivity contribution is 0.182. The Balaban J connectivity index is 1.83. The van der Waals surface area contributed by atoms with Crippen LogP contribution < -0.4 is 0 Å². The molecule has 0 aliphatic carbocycles. The molecule has 18 heavy (non-hydrogen) atoms. The van der Waals surface area contributed by atoms with Gasteiger partial charge < -0.3 is 5.11 Å². The van der Waals surface area contributed by atoms with E-state index in [-0.39, 0.29) is 0 Å². The molecular weight excluding hydrogens is 330 g/mol. The fourth-order valence-corrected chi connectivity index (χ4v) is 4.21. The highest BCUT2D eigenvalue weighted by Crippen LogP contribution is 2.30. The zero-order valence-corrected chi connectivity index (χ0v) is 12.6. The maximum Gasteiger partial charge on any atom is 0.0968 e. The maximum absolute atomic E-state index is 10.2. The molecule has 0 bridgehead atoms. The van der Waals surface area contributed by atoms with Crippen molar-refractivity contribution in [2.24, 2.45) is 0 Å². The van der Waals surface area contributed by atoms with Crippen molar-refractivity contribution < 1.29 is 5.11 Å². The predicted octanol–water partition coefficient (Wildman–Crippen LogP) is 4.40. The van der Waals surface area contributed by atoms with Gasteiger partial charge in [0.15, 0.2) is 0 Å². The second-order valence-corrected chi connectivity index (χ2v) is 6.94. The number of hydrogen-bond acceptors (Lipinski definition) is 4. The summed E-state index contributed by atoms with van der Waals surface area (Å²) in [6.07, 6.45) is 0.105. The Kier molecular flexibility index (Phi) is 3.48. The van der Waals surface area contributed by atoms with Gasteiger partial charge in [-0.3, -0.25) is 0 Å². The molecule has 0 saturated heterocycles. The van der Waals surface area contributed by atoms with E-state index < -0.39 is 6.10 Å². The molecule has 92 valence electrons. The highest BCUT2D eigenvalue weighted by molar-refractivity contribution is 9.10. The van der Waals surface area contributed by atoms with Crippen LogP contribution in [-0.4, -0.2) is 10.1 Å². The zero-order valence-electron chi connectivity index (χ0n) is 9.34. The van der Waals surface area contributed by atoms with Crippen molar-refractivity contribution in [1.82, 2.24) is 4.98 Å². The quantitative estimate of drug-likeness (QED) is 0.767. The molecule has 1 N–H and O–H groups in total. The Morgan fingerprint density at radius 3 is 2.89 bits per heavy atom. The maximum atomic E-state index is 10.2. The molecule has 0 saturated carbocycles. The van der Waals surface area contributed by atoms with Crippen molar-refractivity contribution in [1.29, 1.82) is 0 Å². The highest BCUT2D eigenvalue weighted by atomic mass is 79.9. The lowest BCUT2D eigenvalue weighted by Gasteiger charge is -2.04. The van der Waals surface area contributed by atoms with Crippen LogP contribution in [0, 0.1) is 0 Å². The first-order chi connectivity index (χ1) is 8.72. The van der Waals surface area contributed by atoms with E-state index >= 15 is 0 Å². The third-order valence-corrected chi connectivity index (χ3v) is 5.48. The number of benzene rings is 1. The molecule has 1 unspecified atom stereocenters. The number of para-hydroxylation sites is 1. The van der Waals surface area contributed by atoms with E-state index in [1.165, 1.54) is 4.70 Å². The zero-order chi connectivity index (χ0) is 12.5. The fourth-order valence-electron chi connectivity index (χ4n) is 1.78. The van der Waals surface area contributed by atoms with Crippen molar-refractivity contribution in [3.05, 3.63) is 50.1 Å². The largest absolute Gasteiger partial charge is 0.387 e. The van der Waals surface area contributed by atoms with E-state index in [9.17, 15) is 5.11 Å². The van der Waals surface area contributed by atoms with Gasteiger partial charge in [-0.25, -0.2) is 4.98 Å². The topological polar surface area (TPSA) is 33.1 Å². The highest BCUT2D eigenvalue weighted by Gasteiger charge is 2.13. The molecular formula is C13H10BrNOS2. The number of hydrogen-bond donors (Lipinski definition) is 1. The normalized spacial score (nSPS) is 13.0. The van der Waals surface area contributed by atoms with Gasteiger partial charge in [0.25, 0.3) is 0 Å². The Hall–Kier alpha value is -0.750. The predicted molar refractivity (Wildman–Crippen MR) is 80.3 cm³/mol. The van der Waals surface area contributed by atoms with Crippen LogP contribution in [0.1, 0.15) is 16.0 Å². The first-order valence-corrected chi connectivity index (χ1v) is 7.98. The third-order valence-electron chi connectivity index (χ3n) is 2.62. The molecule has 2 aromatic heterocycles.